The molecule has 7 heteroatoms. The maximum Gasteiger partial charge on any atom is 0.329 e. The monoisotopic (exact) mass is 287 g/mol. The van der Waals surface area contributed by atoms with Crippen molar-refractivity contribution in [2.24, 2.45) is 0 Å². The third-order valence-corrected chi connectivity index (χ3v) is 3.43. The summed E-state index contributed by atoms with van der Waals surface area (Å²) in [5.74, 6) is -0.951. The molecule has 0 spiro atoms. The lowest BCUT2D eigenvalue weighted by Crippen LogP contribution is -2.55. The number of nitrogens with one attached hydrogen (secondary N) is 2. The van der Waals surface area contributed by atoms with Crippen molar-refractivity contribution >= 4 is 12.0 Å². The second-order valence-corrected chi connectivity index (χ2v) is 5.39. The summed E-state index contributed by atoms with van der Waals surface area (Å²) in [6, 6.07) is -0.439. The number of carboxylic acids is 1. The van der Waals surface area contributed by atoms with E-state index in [9.17, 15) is 14.7 Å². The number of urea groups is 1. The van der Waals surface area contributed by atoms with Crippen molar-refractivity contribution in [1.29, 1.82) is 0 Å². The maximum atomic E-state index is 11.7. The summed E-state index contributed by atoms with van der Waals surface area (Å²) in [6.07, 6.45) is 2.66. The highest BCUT2D eigenvalue weighted by atomic mass is 16.5. The summed E-state index contributed by atoms with van der Waals surface area (Å²) in [5, 5.41) is 14.4. The van der Waals surface area contributed by atoms with Crippen molar-refractivity contribution in [1.82, 2.24) is 15.5 Å². The van der Waals surface area contributed by atoms with E-state index in [0.29, 0.717) is 32.6 Å². The van der Waals surface area contributed by atoms with Crippen LogP contribution in [0.3, 0.4) is 0 Å². The first-order valence-corrected chi connectivity index (χ1v) is 6.98. The molecule has 0 aromatic rings. The van der Waals surface area contributed by atoms with Crippen LogP contribution in [-0.4, -0.2) is 67.9 Å². The van der Waals surface area contributed by atoms with Crippen molar-refractivity contribution in [2.45, 2.75) is 31.2 Å². The fourth-order valence-electron chi connectivity index (χ4n) is 2.22. The number of likely N-dealkylation sites (N-methyl/N-ethyl adjacent to an activating group) is 1. The highest BCUT2D eigenvalue weighted by Gasteiger charge is 2.42. The van der Waals surface area contributed by atoms with Crippen LogP contribution in [0.15, 0.2) is 0 Å². The Hall–Kier alpha value is -1.34. The SMILES string of the molecule is CN(C)CCOCCNC(=O)NC1(C(=O)O)CCCC1. The maximum absolute atomic E-state index is 11.7. The predicted molar refractivity (Wildman–Crippen MR) is 74.7 cm³/mol. The van der Waals surface area contributed by atoms with Gasteiger partial charge in [-0.15, -0.1) is 0 Å². The van der Waals surface area contributed by atoms with E-state index in [4.69, 9.17) is 4.74 Å². The van der Waals surface area contributed by atoms with Crippen LogP contribution in [-0.2, 0) is 9.53 Å². The fourth-order valence-corrected chi connectivity index (χ4v) is 2.22. The fraction of sp³-hybridized carbons (Fsp3) is 0.846. The minimum atomic E-state index is -1.09. The normalized spacial score (nSPS) is 17.1. The molecule has 3 N–H and O–H groups in total. The lowest BCUT2D eigenvalue weighted by atomic mass is 9.98. The summed E-state index contributed by atoms with van der Waals surface area (Å²) in [4.78, 5) is 25.0. The van der Waals surface area contributed by atoms with Crippen molar-refractivity contribution in [2.75, 3.05) is 40.4 Å². The topological polar surface area (TPSA) is 90.9 Å². The number of nitrogens with zero attached hydrogens (tertiary/aromatic N) is 1. The minimum Gasteiger partial charge on any atom is -0.480 e. The van der Waals surface area contributed by atoms with Crippen LogP contribution in [0.5, 0.6) is 0 Å². The first-order valence-electron chi connectivity index (χ1n) is 6.98. The number of carbonyl (C=O) groups excluding carboxylic acids is 1. The van der Waals surface area contributed by atoms with Crippen LogP contribution in [0.1, 0.15) is 25.7 Å². The molecule has 0 atom stereocenters. The average molecular weight is 287 g/mol. The third kappa shape index (κ3) is 5.34. The summed E-state index contributed by atoms with van der Waals surface area (Å²) >= 11 is 0. The molecule has 0 unspecified atom stereocenters. The van der Waals surface area contributed by atoms with E-state index >= 15 is 0 Å². The summed E-state index contributed by atoms with van der Waals surface area (Å²) in [6.45, 7) is 2.22. The van der Waals surface area contributed by atoms with Gasteiger partial charge in [0.05, 0.1) is 13.2 Å². The number of rotatable bonds is 8. The summed E-state index contributed by atoms with van der Waals surface area (Å²) in [7, 11) is 3.92. The molecular weight excluding hydrogens is 262 g/mol. The molecule has 2 amide bonds. The van der Waals surface area contributed by atoms with Gasteiger partial charge in [0.25, 0.3) is 0 Å². The Labute approximate surface area is 119 Å². The van der Waals surface area contributed by atoms with Crippen molar-refractivity contribution in [3.8, 4) is 0 Å². The molecule has 1 saturated carbocycles. The molecule has 0 heterocycles. The van der Waals surface area contributed by atoms with Crippen LogP contribution in [0.25, 0.3) is 0 Å². The Kier molecular flexibility index (Phi) is 6.74. The molecule has 0 saturated heterocycles. The van der Waals surface area contributed by atoms with Gasteiger partial charge in [-0.25, -0.2) is 9.59 Å². The van der Waals surface area contributed by atoms with Gasteiger partial charge in [-0.2, -0.15) is 0 Å². The smallest absolute Gasteiger partial charge is 0.329 e. The zero-order chi connectivity index (χ0) is 15.0. The van der Waals surface area contributed by atoms with E-state index in [1.54, 1.807) is 0 Å². The predicted octanol–water partition coefficient (Wildman–Crippen LogP) is 0.261. The van der Waals surface area contributed by atoms with E-state index in [1.165, 1.54) is 0 Å². The Balaban J connectivity index is 2.18. The van der Waals surface area contributed by atoms with Crippen LogP contribution in [0, 0.1) is 0 Å². The zero-order valence-electron chi connectivity index (χ0n) is 12.3. The van der Waals surface area contributed by atoms with E-state index < -0.39 is 17.5 Å². The molecule has 116 valence electrons. The first-order chi connectivity index (χ1) is 9.46. The first kappa shape index (κ1) is 16.7. The lowest BCUT2D eigenvalue weighted by molar-refractivity contribution is -0.144. The number of amides is 2. The number of carbonyl (C=O) groups is 2. The van der Waals surface area contributed by atoms with Gasteiger partial charge in [0.1, 0.15) is 5.54 Å². The van der Waals surface area contributed by atoms with Gasteiger partial charge in [-0.3, -0.25) is 0 Å². The largest absolute Gasteiger partial charge is 0.480 e. The molecule has 1 aliphatic rings. The van der Waals surface area contributed by atoms with Gasteiger partial charge < -0.3 is 25.4 Å². The van der Waals surface area contributed by atoms with Crippen molar-refractivity contribution < 1.29 is 19.4 Å². The van der Waals surface area contributed by atoms with E-state index in [2.05, 4.69) is 10.6 Å². The van der Waals surface area contributed by atoms with Crippen molar-refractivity contribution in [3.05, 3.63) is 0 Å². The van der Waals surface area contributed by atoms with E-state index in [1.807, 2.05) is 19.0 Å². The molecule has 1 rings (SSSR count). The van der Waals surface area contributed by atoms with Crippen LogP contribution in [0.4, 0.5) is 4.79 Å². The van der Waals surface area contributed by atoms with Gasteiger partial charge in [0, 0.05) is 13.1 Å². The molecule has 20 heavy (non-hydrogen) atoms. The molecule has 0 aromatic carbocycles. The van der Waals surface area contributed by atoms with Crippen molar-refractivity contribution in [3.63, 3.8) is 0 Å². The second kappa shape index (κ2) is 8.06. The molecule has 7 nitrogen and oxygen atoms in total. The molecule has 0 aromatic heterocycles. The second-order valence-electron chi connectivity index (χ2n) is 5.39. The number of aliphatic carboxylic acids is 1. The quantitative estimate of drug-likeness (QED) is 0.557. The number of hydrogen-bond acceptors (Lipinski definition) is 4. The number of ether oxygens (including phenoxy) is 1. The lowest BCUT2D eigenvalue weighted by Gasteiger charge is -2.25. The van der Waals surface area contributed by atoms with Gasteiger partial charge in [0.2, 0.25) is 0 Å². The highest BCUT2D eigenvalue weighted by Crippen LogP contribution is 2.29. The Bertz CT molecular complexity index is 328. The van der Waals surface area contributed by atoms with Crippen LogP contribution >= 0.6 is 0 Å². The molecule has 1 fully saturated rings. The molecule has 0 radical (unpaired) electrons. The Morgan fingerprint density at radius 2 is 1.90 bits per heavy atom. The highest BCUT2D eigenvalue weighted by molar-refractivity contribution is 5.86. The van der Waals surface area contributed by atoms with E-state index in [-0.39, 0.29) is 0 Å². The molecule has 1 aliphatic carbocycles. The molecule has 0 aliphatic heterocycles. The Morgan fingerprint density at radius 1 is 1.25 bits per heavy atom. The molecule has 0 bridgehead atoms. The zero-order valence-corrected chi connectivity index (χ0v) is 12.3. The van der Waals surface area contributed by atoms with E-state index in [0.717, 1.165) is 19.4 Å². The minimum absolute atomic E-state index is 0.370. The van der Waals surface area contributed by atoms with Gasteiger partial charge >= 0.3 is 12.0 Å². The van der Waals surface area contributed by atoms with Gasteiger partial charge in [-0.05, 0) is 26.9 Å². The number of hydrogen-bond donors (Lipinski definition) is 3. The van der Waals surface area contributed by atoms with Gasteiger partial charge in [0.15, 0.2) is 0 Å². The third-order valence-electron chi connectivity index (χ3n) is 3.43. The summed E-state index contributed by atoms with van der Waals surface area (Å²) < 4.78 is 5.34. The Morgan fingerprint density at radius 3 is 2.45 bits per heavy atom. The summed E-state index contributed by atoms with van der Waals surface area (Å²) in [5.41, 5.74) is -1.09. The average Bonchev–Trinajstić information content (AvgIpc) is 2.83. The van der Waals surface area contributed by atoms with Crippen LogP contribution < -0.4 is 10.6 Å². The number of carboxylic acid groups (broad SMARTS) is 1. The van der Waals surface area contributed by atoms with Crippen LogP contribution in [0.2, 0.25) is 0 Å². The van der Waals surface area contributed by atoms with Gasteiger partial charge in [-0.1, -0.05) is 12.8 Å². The standard InChI is InChI=1S/C13H25N3O4/c1-16(2)8-10-20-9-7-14-12(19)15-13(11(17)18)5-3-4-6-13/h3-10H2,1-2H3,(H,17,18)(H2,14,15,19). The molecular formula is C13H25N3O4.